The first kappa shape index (κ1) is 14.0. The lowest BCUT2D eigenvalue weighted by atomic mass is 10.1. The van der Waals surface area contributed by atoms with Gasteiger partial charge < -0.3 is 9.84 Å². The lowest BCUT2D eigenvalue weighted by Crippen LogP contribution is -2.01. The summed E-state index contributed by atoms with van der Waals surface area (Å²) in [4.78, 5) is 4.00. The van der Waals surface area contributed by atoms with Crippen molar-refractivity contribution >= 4 is 0 Å². The van der Waals surface area contributed by atoms with Crippen LogP contribution in [0.2, 0.25) is 0 Å². The molecule has 0 amide bonds. The Morgan fingerprint density at radius 1 is 1.40 bits per heavy atom. The van der Waals surface area contributed by atoms with E-state index in [1.807, 2.05) is 37.3 Å². The lowest BCUT2D eigenvalue weighted by molar-refractivity contribution is 0.199. The molecule has 0 radical (unpaired) electrons. The number of aliphatic hydroxyl groups is 1. The van der Waals surface area contributed by atoms with Gasteiger partial charge in [-0.3, -0.25) is 0 Å². The van der Waals surface area contributed by atoms with Crippen molar-refractivity contribution in [3.05, 3.63) is 58.9 Å². The van der Waals surface area contributed by atoms with Crippen molar-refractivity contribution in [3.63, 3.8) is 0 Å². The summed E-state index contributed by atoms with van der Waals surface area (Å²) in [6.07, 6.45) is 1.09. The summed E-state index contributed by atoms with van der Waals surface area (Å²) < 4.78 is 5.73. The highest BCUT2D eigenvalue weighted by Crippen LogP contribution is 2.23. The van der Waals surface area contributed by atoms with Crippen molar-refractivity contribution in [1.82, 2.24) is 4.98 Å². The number of aliphatic hydroxyl groups excluding tert-OH is 1. The minimum absolute atomic E-state index is 0.297. The van der Waals surface area contributed by atoms with Crippen LogP contribution in [0.4, 0.5) is 0 Å². The Balaban J connectivity index is 2.14. The highest BCUT2D eigenvalue weighted by atomic mass is 16.5. The highest BCUT2D eigenvalue weighted by molar-refractivity contribution is 5.37. The minimum atomic E-state index is -0.494. The van der Waals surface area contributed by atoms with Gasteiger partial charge in [0.1, 0.15) is 24.1 Å². The monoisotopic (exact) mass is 268 g/mol. The van der Waals surface area contributed by atoms with E-state index in [1.54, 1.807) is 19.2 Å². The molecule has 1 heterocycles. The largest absolute Gasteiger partial charge is 0.489 e. The Labute approximate surface area is 118 Å². The second-order valence-corrected chi connectivity index (χ2v) is 4.61. The molecule has 102 valence electrons. The van der Waals surface area contributed by atoms with Crippen LogP contribution in [-0.2, 0) is 6.61 Å². The maximum atomic E-state index is 9.53. The van der Waals surface area contributed by atoms with Crippen molar-refractivity contribution in [2.45, 2.75) is 26.6 Å². The van der Waals surface area contributed by atoms with E-state index in [2.05, 4.69) is 4.98 Å². The molecule has 1 atom stereocenters. The zero-order valence-corrected chi connectivity index (χ0v) is 11.5. The third-order valence-electron chi connectivity index (χ3n) is 3.06. The molecule has 0 saturated carbocycles. The Bertz CT molecular complexity index is 645. The van der Waals surface area contributed by atoms with Gasteiger partial charge in [0.15, 0.2) is 0 Å². The maximum Gasteiger partial charge on any atom is 0.147 e. The number of hydrogen-bond acceptors (Lipinski definition) is 4. The van der Waals surface area contributed by atoms with Crippen LogP contribution in [-0.4, -0.2) is 10.1 Å². The molecule has 1 aromatic heterocycles. The molecule has 0 saturated heterocycles. The number of benzene rings is 1. The van der Waals surface area contributed by atoms with Crippen LogP contribution in [0.3, 0.4) is 0 Å². The normalized spacial score (nSPS) is 11.7. The molecule has 2 rings (SSSR count). The summed E-state index contributed by atoms with van der Waals surface area (Å²) in [7, 11) is 0. The first-order valence-corrected chi connectivity index (χ1v) is 6.37. The van der Waals surface area contributed by atoms with Crippen LogP contribution in [0.1, 0.15) is 35.4 Å². The van der Waals surface area contributed by atoms with Crippen molar-refractivity contribution in [2.75, 3.05) is 0 Å². The van der Waals surface area contributed by atoms with Crippen LogP contribution >= 0.6 is 0 Å². The Kier molecular flexibility index (Phi) is 4.34. The average molecular weight is 268 g/mol. The molecule has 1 unspecified atom stereocenters. The second-order valence-electron chi connectivity index (χ2n) is 4.61. The van der Waals surface area contributed by atoms with Gasteiger partial charge in [-0.15, -0.1) is 0 Å². The molecule has 0 bridgehead atoms. The van der Waals surface area contributed by atoms with E-state index in [0.29, 0.717) is 12.3 Å². The van der Waals surface area contributed by atoms with Gasteiger partial charge in [0.2, 0.25) is 0 Å². The predicted molar refractivity (Wildman–Crippen MR) is 75.1 cm³/mol. The van der Waals surface area contributed by atoms with E-state index < -0.39 is 6.10 Å². The SMILES string of the molecule is Cc1cc(C(C)O)ccc1OCc1cccnc1C#N. The zero-order chi connectivity index (χ0) is 14.5. The van der Waals surface area contributed by atoms with Gasteiger partial charge in [0, 0.05) is 11.8 Å². The smallest absolute Gasteiger partial charge is 0.147 e. The van der Waals surface area contributed by atoms with Crippen molar-refractivity contribution in [1.29, 1.82) is 5.26 Å². The lowest BCUT2D eigenvalue weighted by Gasteiger charge is -2.12. The van der Waals surface area contributed by atoms with E-state index in [-0.39, 0.29) is 0 Å². The summed E-state index contributed by atoms with van der Waals surface area (Å²) in [6.45, 7) is 3.95. The number of ether oxygens (including phenoxy) is 1. The van der Waals surface area contributed by atoms with Gasteiger partial charge >= 0.3 is 0 Å². The Morgan fingerprint density at radius 2 is 2.20 bits per heavy atom. The molecule has 0 aliphatic heterocycles. The van der Waals surface area contributed by atoms with Crippen LogP contribution in [0, 0.1) is 18.3 Å². The molecule has 2 aromatic rings. The molecule has 20 heavy (non-hydrogen) atoms. The molecule has 0 aliphatic rings. The van der Waals surface area contributed by atoms with E-state index in [1.165, 1.54) is 0 Å². The Hall–Kier alpha value is -2.38. The molecule has 1 aromatic carbocycles. The zero-order valence-electron chi connectivity index (χ0n) is 11.5. The number of pyridine rings is 1. The average Bonchev–Trinajstić information content (AvgIpc) is 2.46. The number of aryl methyl sites for hydroxylation is 1. The summed E-state index contributed by atoms with van der Waals surface area (Å²) in [5.74, 6) is 0.738. The first-order valence-electron chi connectivity index (χ1n) is 6.37. The minimum Gasteiger partial charge on any atom is -0.489 e. The van der Waals surface area contributed by atoms with Crippen LogP contribution in [0.5, 0.6) is 5.75 Å². The first-order chi connectivity index (χ1) is 9.61. The fraction of sp³-hybridized carbons (Fsp3) is 0.250. The van der Waals surface area contributed by atoms with E-state index in [4.69, 9.17) is 10.00 Å². The quantitative estimate of drug-likeness (QED) is 0.925. The molecule has 0 aliphatic carbocycles. The highest BCUT2D eigenvalue weighted by Gasteiger charge is 2.07. The van der Waals surface area contributed by atoms with Crippen LogP contribution in [0.15, 0.2) is 36.5 Å². The summed E-state index contributed by atoms with van der Waals surface area (Å²) in [5, 5.41) is 18.5. The number of nitriles is 1. The molecule has 0 spiro atoms. The molecule has 4 heteroatoms. The molecular weight excluding hydrogens is 252 g/mol. The number of aromatic nitrogens is 1. The fourth-order valence-electron chi connectivity index (χ4n) is 1.91. The summed E-state index contributed by atoms with van der Waals surface area (Å²) in [5.41, 5.74) is 2.94. The number of nitrogens with zero attached hydrogens (tertiary/aromatic N) is 2. The van der Waals surface area contributed by atoms with Crippen LogP contribution in [0.25, 0.3) is 0 Å². The topological polar surface area (TPSA) is 66.1 Å². The van der Waals surface area contributed by atoms with Gasteiger partial charge in [0.25, 0.3) is 0 Å². The van der Waals surface area contributed by atoms with Gasteiger partial charge in [-0.05, 0) is 43.2 Å². The molecule has 0 fully saturated rings. The number of rotatable bonds is 4. The van der Waals surface area contributed by atoms with Crippen molar-refractivity contribution < 1.29 is 9.84 Å². The fourth-order valence-corrected chi connectivity index (χ4v) is 1.91. The van der Waals surface area contributed by atoms with E-state index in [0.717, 1.165) is 22.4 Å². The second kappa shape index (κ2) is 6.18. The summed E-state index contributed by atoms with van der Waals surface area (Å²) in [6, 6.07) is 11.2. The van der Waals surface area contributed by atoms with Gasteiger partial charge in [-0.2, -0.15) is 5.26 Å². The predicted octanol–water partition coefficient (Wildman–Crippen LogP) is 2.89. The molecule has 1 N–H and O–H groups in total. The van der Waals surface area contributed by atoms with Gasteiger partial charge in [0.05, 0.1) is 6.10 Å². The molecule has 4 nitrogen and oxygen atoms in total. The Morgan fingerprint density at radius 3 is 2.85 bits per heavy atom. The van der Waals surface area contributed by atoms with Gasteiger partial charge in [-0.25, -0.2) is 4.98 Å². The number of hydrogen-bond donors (Lipinski definition) is 1. The van der Waals surface area contributed by atoms with Crippen molar-refractivity contribution in [2.24, 2.45) is 0 Å². The third-order valence-corrected chi connectivity index (χ3v) is 3.06. The standard InChI is InChI=1S/C16H16N2O2/c1-11-8-13(12(2)19)5-6-16(11)20-10-14-4-3-7-18-15(14)9-17/h3-8,12,19H,10H2,1-2H3. The van der Waals surface area contributed by atoms with Crippen LogP contribution < -0.4 is 4.74 Å². The van der Waals surface area contributed by atoms with Gasteiger partial charge in [-0.1, -0.05) is 12.1 Å². The molecular formula is C16H16N2O2. The van der Waals surface area contributed by atoms with Crippen molar-refractivity contribution in [3.8, 4) is 11.8 Å². The van der Waals surface area contributed by atoms with E-state index >= 15 is 0 Å². The van der Waals surface area contributed by atoms with E-state index in [9.17, 15) is 5.11 Å². The third kappa shape index (κ3) is 3.14. The maximum absolute atomic E-state index is 9.53. The summed E-state index contributed by atoms with van der Waals surface area (Å²) >= 11 is 0.